The number of fused-ring (bicyclic) bond motifs is 1. The van der Waals surface area contributed by atoms with Crippen LogP contribution >= 0.6 is 0 Å². The van der Waals surface area contributed by atoms with Crippen LogP contribution in [0.1, 0.15) is 12.6 Å². The van der Waals surface area contributed by atoms with E-state index in [-0.39, 0.29) is 29.9 Å². The molecule has 0 amide bonds. The van der Waals surface area contributed by atoms with E-state index in [0.717, 1.165) is 0 Å². The molecule has 2 aromatic rings. The van der Waals surface area contributed by atoms with Crippen LogP contribution in [0.3, 0.4) is 0 Å². The number of ether oxygens (including phenoxy) is 3. The van der Waals surface area contributed by atoms with Gasteiger partial charge in [0.2, 0.25) is 5.95 Å². The first-order valence-electron chi connectivity index (χ1n) is 6.67. The molecule has 3 heterocycles. The fraction of sp³-hybridized carbons (Fsp3) is 0.538. The second kappa shape index (κ2) is 5.47. The highest BCUT2D eigenvalue weighted by Gasteiger charge is 2.36. The van der Waals surface area contributed by atoms with Gasteiger partial charge in [0.25, 0.3) is 5.56 Å². The van der Waals surface area contributed by atoms with Crippen LogP contribution in [0.15, 0.2) is 17.1 Å². The molecule has 1 aliphatic heterocycles. The molecule has 0 bridgehead atoms. The fourth-order valence-electron chi connectivity index (χ4n) is 2.73. The SMILES string of the molecule is COCC1OC(n2ccc3c(=O)[nH]c(N)nc32)CC1OC. The monoisotopic (exact) mass is 294 g/mol. The molecule has 1 saturated heterocycles. The number of aromatic nitrogens is 3. The van der Waals surface area contributed by atoms with Crippen molar-refractivity contribution in [2.45, 2.75) is 24.9 Å². The Kier molecular flexibility index (Phi) is 3.66. The lowest BCUT2D eigenvalue weighted by Gasteiger charge is -2.16. The molecule has 8 nitrogen and oxygen atoms in total. The highest BCUT2D eigenvalue weighted by Crippen LogP contribution is 2.32. The van der Waals surface area contributed by atoms with E-state index in [4.69, 9.17) is 19.9 Å². The van der Waals surface area contributed by atoms with E-state index in [1.807, 2.05) is 4.57 Å². The number of aromatic amines is 1. The van der Waals surface area contributed by atoms with Crippen LogP contribution in [0.25, 0.3) is 11.0 Å². The van der Waals surface area contributed by atoms with Crippen LogP contribution in [0.5, 0.6) is 0 Å². The third kappa shape index (κ3) is 2.41. The van der Waals surface area contributed by atoms with Crippen LogP contribution in [0, 0.1) is 0 Å². The standard InChI is InChI=1S/C13H18N4O4/c1-19-6-9-8(20-2)5-10(21-9)17-4-3-7-11(17)15-13(14)16-12(7)18/h3-4,8-10H,5-6H2,1-2H3,(H3,14,15,16,18). The Morgan fingerprint density at radius 3 is 3.10 bits per heavy atom. The third-order valence-electron chi connectivity index (χ3n) is 3.72. The third-order valence-corrected chi connectivity index (χ3v) is 3.72. The van der Waals surface area contributed by atoms with Crippen LogP contribution in [0.2, 0.25) is 0 Å². The Bertz CT molecular complexity index is 695. The van der Waals surface area contributed by atoms with E-state index in [9.17, 15) is 4.79 Å². The lowest BCUT2D eigenvalue weighted by molar-refractivity contribution is -0.0596. The lowest BCUT2D eigenvalue weighted by Crippen LogP contribution is -2.27. The van der Waals surface area contributed by atoms with E-state index in [1.165, 1.54) is 0 Å². The van der Waals surface area contributed by atoms with Gasteiger partial charge in [0.15, 0.2) is 5.65 Å². The number of nitrogen functional groups attached to an aromatic ring is 1. The number of anilines is 1. The lowest BCUT2D eigenvalue weighted by atomic mass is 10.2. The minimum atomic E-state index is -0.263. The Morgan fingerprint density at radius 1 is 1.57 bits per heavy atom. The second-order valence-electron chi connectivity index (χ2n) is 5.01. The molecule has 3 rings (SSSR count). The van der Waals surface area contributed by atoms with E-state index < -0.39 is 0 Å². The quantitative estimate of drug-likeness (QED) is 0.838. The van der Waals surface area contributed by atoms with Crippen LogP contribution in [0.4, 0.5) is 5.95 Å². The number of nitrogens with one attached hydrogen (secondary N) is 1. The molecule has 0 radical (unpaired) electrons. The summed E-state index contributed by atoms with van der Waals surface area (Å²) in [7, 11) is 3.27. The summed E-state index contributed by atoms with van der Waals surface area (Å²) in [6.07, 6.45) is 1.96. The molecule has 1 fully saturated rings. The van der Waals surface area contributed by atoms with E-state index in [0.29, 0.717) is 24.1 Å². The molecular formula is C13H18N4O4. The molecule has 2 aromatic heterocycles. The topological polar surface area (TPSA) is 104 Å². The predicted octanol–water partition coefficient (Wildman–Crippen LogP) is 0.256. The molecular weight excluding hydrogens is 276 g/mol. The largest absolute Gasteiger partial charge is 0.382 e. The zero-order valence-electron chi connectivity index (χ0n) is 11.9. The first kappa shape index (κ1) is 14.1. The minimum absolute atomic E-state index is 0.0632. The van der Waals surface area contributed by atoms with E-state index in [1.54, 1.807) is 26.5 Å². The number of nitrogens with zero attached hydrogens (tertiary/aromatic N) is 2. The molecule has 0 aliphatic carbocycles. The first-order valence-corrected chi connectivity index (χ1v) is 6.67. The molecule has 0 aromatic carbocycles. The van der Waals surface area contributed by atoms with Crippen molar-refractivity contribution in [1.29, 1.82) is 0 Å². The Morgan fingerprint density at radius 2 is 2.38 bits per heavy atom. The average molecular weight is 294 g/mol. The normalized spacial score (nSPS) is 25.7. The molecule has 8 heteroatoms. The summed E-state index contributed by atoms with van der Waals surface area (Å²) in [6, 6.07) is 1.70. The summed E-state index contributed by atoms with van der Waals surface area (Å²) < 4.78 is 18.3. The van der Waals surface area contributed by atoms with Gasteiger partial charge in [-0.3, -0.25) is 9.78 Å². The number of rotatable bonds is 4. The first-order chi connectivity index (χ1) is 10.1. The maximum atomic E-state index is 11.8. The van der Waals surface area contributed by atoms with Crippen molar-refractivity contribution >= 4 is 17.0 Å². The Balaban J connectivity index is 1.96. The van der Waals surface area contributed by atoms with E-state index >= 15 is 0 Å². The number of nitrogens with two attached hydrogens (primary N) is 1. The van der Waals surface area contributed by atoms with Gasteiger partial charge in [-0.15, -0.1) is 0 Å². The summed E-state index contributed by atoms with van der Waals surface area (Å²) in [5, 5.41) is 0.483. The Labute approximate surface area is 120 Å². The number of H-pyrrole nitrogens is 1. The smallest absolute Gasteiger partial charge is 0.261 e. The molecule has 114 valence electrons. The fourth-order valence-corrected chi connectivity index (χ4v) is 2.73. The average Bonchev–Trinajstić information content (AvgIpc) is 3.02. The highest BCUT2D eigenvalue weighted by molar-refractivity contribution is 5.76. The van der Waals surface area contributed by atoms with Crippen molar-refractivity contribution in [3.05, 3.63) is 22.6 Å². The summed E-state index contributed by atoms with van der Waals surface area (Å²) in [5.41, 5.74) is 5.86. The summed E-state index contributed by atoms with van der Waals surface area (Å²) in [4.78, 5) is 18.5. The van der Waals surface area contributed by atoms with Crippen LogP contribution in [-0.2, 0) is 14.2 Å². The van der Waals surface area contributed by atoms with Crippen molar-refractivity contribution in [3.8, 4) is 0 Å². The summed E-state index contributed by atoms with van der Waals surface area (Å²) >= 11 is 0. The maximum Gasteiger partial charge on any atom is 0.261 e. The van der Waals surface area contributed by atoms with Gasteiger partial charge in [0.05, 0.1) is 18.1 Å². The molecule has 0 spiro atoms. The van der Waals surface area contributed by atoms with Gasteiger partial charge in [-0.1, -0.05) is 0 Å². The van der Waals surface area contributed by atoms with Crippen molar-refractivity contribution in [2.75, 3.05) is 26.6 Å². The van der Waals surface area contributed by atoms with Gasteiger partial charge in [0, 0.05) is 26.8 Å². The van der Waals surface area contributed by atoms with Gasteiger partial charge in [0.1, 0.15) is 12.3 Å². The zero-order chi connectivity index (χ0) is 15.0. The van der Waals surface area contributed by atoms with Gasteiger partial charge in [-0.05, 0) is 6.07 Å². The maximum absolute atomic E-state index is 11.8. The van der Waals surface area contributed by atoms with Gasteiger partial charge in [-0.25, -0.2) is 0 Å². The second-order valence-corrected chi connectivity index (χ2v) is 5.01. The molecule has 0 saturated carbocycles. The highest BCUT2D eigenvalue weighted by atomic mass is 16.6. The molecule has 3 atom stereocenters. The number of hydrogen-bond acceptors (Lipinski definition) is 6. The van der Waals surface area contributed by atoms with Crippen molar-refractivity contribution in [1.82, 2.24) is 14.5 Å². The van der Waals surface area contributed by atoms with Crippen molar-refractivity contribution < 1.29 is 14.2 Å². The number of methoxy groups -OCH3 is 2. The molecule has 3 unspecified atom stereocenters. The zero-order valence-corrected chi connectivity index (χ0v) is 11.9. The van der Waals surface area contributed by atoms with Gasteiger partial charge < -0.3 is 24.5 Å². The Hall–Kier alpha value is -1.90. The van der Waals surface area contributed by atoms with Crippen LogP contribution < -0.4 is 11.3 Å². The summed E-state index contributed by atoms with van der Waals surface area (Å²) in [5.74, 6) is 0.0854. The number of hydrogen-bond donors (Lipinski definition) is 2. The summed E-state index contributed by atoms with van der Waals surface area (Å²) in [6.45, 7) is 0.449. The molecule has 3 N–H and O–H groups in total. The van der Waals surface area contributed by atoms with Crippen molar-refractivity contribution in [2.24, 2.45) is 0 Å². The molecule has 21 heavy (non-hydrogen) atoms. The van der Waals surface area contributed by atoms with Crippen LogP contribution in [-0.4, -0.2) is 47.6 Å². The van der Waals surface area contributed by atoms with E-state index in [2.05, 4.69) is 9.97 Å². The van der Waals surface area contributed by atoms with Gasteiger partial charge >= 0.3 is 0 Å². The van der Waals surface area contributed by atoms with Crippen molar-refractivity contribution in [3.63, 3.8) is 0 Å². The molecule has 1 aliphatic rings. The minimum Gasteiger partial charge on any atom is -0.382 e. The van der Waals surface area contributed by atoms with Gasteiger partial charge in [-0.2, -0.15) is 4.98 Å². The predicted molar refractivity (Wildman–Crippen MR) is 76.0 cm³/mol.